The van der Waals surface area contributed by atoms with Crippen LogP contribution in [0.15, 0.2) is 30.3 Å². The predicted molar refractivity (Wildman–Crippen MR) is 123 cm³/mol. The van der Waals surface area contributed by atoms with Gasteiger partial charge in [0.15, 0.2) is 0 Å². The van der Waals surface area contributed by atoms with Gasteiger partial charge in [0.05, 0.1) is 13.2 Å². The van der Waals surface area contributed by atoms with Crippen LogP contribution >= 0.6 is 11.6 Å². The third kappa shape index (κ3) is 9.67. The molecule has 30 heavy (non-hydrogen) atoms. The largest absolute Gasteiger partial charge is 0.444 e. The van der Waals surface area contributed by atoms with Crippen LogP contribution in [0, 0.1) is 11.3 Å². The van der Waals surface area contributed by atoms with Gasteiger partial charge in [-0.3, -0.25) is 0 Å². The zero-order valence-electron chi connectivity index (χ0n) is 18.8. The Kier molecular flexibility index (Phi) is 11.0. The Bertz CT molecular complexity index is 606. The zero-order chi connectivity index (χ0) is 21.8. The van der Waals surface area contributed by atoms with Crippen molar-refractivity contribution in [2.45, 2.75) is 65.0 Å². The van der Waals surface area contributed by atoms with Crippen LogP contribution in [0.1, 0.15) is 52.0 Å². The molecule has 2 rings (SSSR count). The summed E-state index contributed by atoms with van der Waals surface area (Å²) in [5.41, 5.74) is 1.44. The first-order valence-electron chi connectivity index (χ1n) is 11.2. The molecule has 0 unspecified atom stereocenters. The number of halogens is 1. The summed E-state index contributed by atoms with van der Waals surface area (Å²) in [6, 6.07) is 10.3. The summed E-state index contributed by atoms with van der Waals surface area (Å²) in [6.45, 7) is 9.70. The standard InChI is InChI=1S/C24H39ClN2O3/c1-19(16-26-18-24(2,3)12-7-8-13-25)22(15-20-9-5-4-6-10-20)27-23(28)30-21-11-14-29-17-21/h4-6,9-10,19,21-22,26H,7-8,11-18H2,1-3H3,(H,27,28)/t19-,21+,22+/m1/s1. The van der Waals surface area contributed by atoms with Gasteiger partial charge in [-0.05, 0) is 42.7 Å². The van der Waals surface area contributed by atoms with Gasteiger partial charge in [0, 0.05) is 24.9 Å². The molecule has 1 aliphatic heterocycles. The normalized spacial score (nSPS) is 18.7. The Balaban J connectivity index is 1.87. The van der Waals surface area contributed by atoms with E-state index in [0.717, 1.165) is 51.1 Å². The molecule has 1 heterocycles. The Hall–Kier alpha value is -1.30. The van der Waals surface area contributed by atoms with Crippen LogP contribution in [-0.4, -0.2) is 50.4 Å². The Morgan fingerprint density at radius 3 is 2.73 bits per heavy atom. The lowest BCUT2D eigenvalue weighted by molar-refractivity contribution is 0.0789. The van der Waals surface area contributed by atoms with Crippen LogP contribution in [0.5, 0.6) is 0 Å². The predicted octanol–water partition coefficient (Wildman–Crippen LogP) is 4.77. The number of ether oxygens (including phenoxy) is 2. The second-order valence-electron chi connectivity index (χ2n) is 9.25. The number of rotatable bonds is 13. The number of nitrogens with one attached hydrogen (secondary N) is 2. The van der Waals surface area contributed by atoms with E-state index in [1.54, 1.807) is 0 Å². The summed E-state index contributed by atoms with van der Waals surface area (Å²) in [5, 5.41) is 6.73. The van der Waals surface area contributed by atoms with Crippen molar-refractivity contribution in [3.05, 3.63) is 35.9 Å². The third-order valence-corrected chi connectivity index (χ3v) is 6.02. The highest BCUT2D eigenvalue weighted by Gasteiger charge is 2.25. The Labute approximate surface area is 187 Å². The fourth-order valence-electron chi connectivity index (χ4n) is 3.77. The maximum Gasteiger partial charge on any atom is 0.407 e. The van der Waals surface area contributed by atoms with Crippen molar-refractivity contribution in [2.75, 3.05) is 32.2 Å². The summed E-state index contributed by atoms with van der Waals surface area (Å²) >= 11 is 5.81. The highest BCUT2D eigenvalue weighted by atomic mass is 35.5. The smallest absolute Gasteiger partial charge is 0.407 e. The number of hydrogen-bond acceptors (Lipinski definition) is 4. The highest BCUT2D eigenvalue weighted by molar-refractivity contribution is 6.17. The first-order valence-corrected chi connectivity index (χ1v) is 11.8. The molecule has 0 saturated carbocycles. The van der Waals surface area contributed by atoms with Crippen molar-refractivity contribution in [1.29, 1.82) is 0 Å². The second kappa shape index (κ2) is 13.2. The van der Waals surface area contributed by atoms with E-state index >= 15 is 0 Å². The summed E-state index contributed by atoms with van der Waals surface area (Å²) in [7, 11) is 0. The van der Waals surface area contributed by atoms with Crippen molar-refractivity contribution in [1.82, 2.24) is 10.6 Å². The minimum absolute atomic E-state index is 0.00548. The Morgan fingerprint density at radius 2 is 2.07 bits per heavy atom. The van der Waals surface area contributed by atoms with E-state index in [1.165, 1.54) is 5.56 Å². The molecule has 1 aliphatic rings. The quantitative estimate of drug-likeness (QED) is 0.344. The summed E-state index contributed by atoms with van der Waals surface area (Å²) in [5.74, 6) is 0.993. The number of carbonyl (C=O) groups excluding carboxylic acids is 1. The fraction of sp³-hybridized carbons (Fsp3) is 0.708. The molecule has 5 nitrogen and oxygen atoms in total. The molecule has 1 amide bonds. The molecular weight excluding hydrogens is 400 g/mol. The van der Waals surface area contributed by atoms with E-state index in [2.05, 4.69) is 43.5 Å². The van der Waals surface area contributed by atoms with Gasteiger partial charge in [-0.15, -0.1) is 11.6 Å². The van der Waals surface area contributed by atoms with Crippen LogP contribution in [0.4, 0.5) is 4.79 Å². The number of hydrogen-bond donors (Lipinski definition) is 2. The molecular formula is C24H39ClN2O3. The first-order chi connectivity index (χ1) is 14.4. The monoisotopic (exact) mass is 438 g/mol. The molecule has 1 saturated heterocycles. The van der Waals surface area contributed by atoms with Crippen LogP contribution in [0.25, 0.3) is 0 Å². The molecule has 0 radical (unpaired) electrons. The van der Waals surface area contributed by atoms with E-state index in [4.69, 9.17) is 21.1 Å². The van der Waals surface area contributed by atoms with Gasteiger partial charge in [-0.25, -0.2) is 4.79 Å². The number of alkyl carbamates (subject to hydrolysis) is 1. The van der Waals surface area contributed by atoms with Gasteiger partial charge in [0.1, 0.15) is 6.10 Å². The molecule has 0 spiro atoms. The van der Waals surface area contributed by atoms with Crippen LogP contribution in [-0.2, 0) is 15.9 Å². The number of carbonyl (C=O) groups is 1. The summed E-state index contributed by atoms with van der Waals surface area (Å²) in [6.07, 6.45) is 4.44. The maximum atomic E-state index is 12.5. The molecule has 0 bridgehead atoms. The van der Waals surface area contributed by atoms with Gasteiger partial charge in [-0.1, -0.05) is 57.5 Å². The second-order valence-corrected chi connectivity index (χ2v) is 9.63. The highest BCUT2D eigenvalue weighted by Crippen LogP contribution is 2.22. The number of unbranched alkanes of at least 4 members (excludes halogenated alkanes) is 1. The lowest BCUT2D eigenvalue weighted by Gasteiger charge is -2.29. The van der Waals surface area contributed by atoms with Gasteiger partial charge in [0.25, 0.3) is 0 Å². The lowest BCUT2D eigenvalue weighted by atomic mass is 9.87. The maximum absolute atomic E-state index is 12.5. The van der Waals surface area contributed by atoms with Crippen LogP contribution < -0.4 is 10.6 Å². The van der Waals surface area contributed by atoms with Gasteiger partial charge in [-0.2, -0.15) is 0 Å². The first kappa shape index (κ1) is 25.0. The van der Waals surface area contributed by atoms with E-state index in [1.807, 2.05) is 18.2 Å². The van der Waals surface area contributed by atoms with Gasteiger partial charge < -0.3 is 20.1 Å². The van der Waals surface area contributed by atoms with Crippen molar-refractivity contribution >= 4 is 17.7 Å². The van der Waals surface area contributed by atoms with Crippen LogP contribution in [0.2, 0.25) is 0 Å². The number of benzene rings is 1. The average Bonchev–Trinajstić information content (AvgIpc) is 3.21. The molecule has 1 aromatic carbocycles. The summed E-state index contributed by atoms with van der Waals surface area (Å²) < 4.78 is 10.8. The van der Waals surface area contributed by atoms with Crippen molar-refractivity contribution < 1.29 is 14.3 Å². The minimum atomic E-state index is -0.348. The average molecular weight is 439 g/mol. The van der Waals surface area contributed by atoms with Crippen molar-refractivity contribution in [3.63, 3.8) is 0 Å². The molecule has 170 valence electrons. The SMILES string of the molecule is C[C@H](CNCC(C)(C)CCCCCl)[C@H](Cc1ccccc1)NC(=O)O[C@H]1CCOC1. The topological polar surface area (TPSA) is 59.6 Å². The van der Waals surface area contributed by atoms with E-state index in [0.29, 0.717) is 13.2 Å². The van der Waals surface area contributed by atoms with Crippen LogP contribution in [0.3, 0.4) is 0 Å². The summed E-state index contributed by atoms with van der Waals surface area (Å²) in [4.78, 5) is 12.5. The fourth-order valence-corrected chi connectivity index (χ4v) is 3.96. The minimum Gasteiger partial charge on any atom is -0.444 e. The molecule has 6 heteroatoms. The lowest BCUT2D eigenvalue weighted by Crippen LogP contribution is -2.46. The van der Waals surface area contributed by atoms with Crippen molar-refractivity contribution in [2.24, 2.45) is 11.3 Å². The van der Waals surface area contributed by atoms with E-state index in [9.17, 15) is 4.79 Å². The van der Waals surface area contributed by atoms with Gasteiger partial charge in [0.2, 0.25) is 0 Å². The number of alkyl halides is 1. The molecule has 0 aliphatic carbocycles. The zero-order valence-corrected chi connectivity index (χ0v) is 19.5. The van der Waals surface area contributed by atoms with Crippen molar-refractivity contribution in [3.8, 4) is 0 Å². The molecule has 1 aromatic rings. The van der Waals surface area contributed by atoms with Gasteiger partial charge >= 0.3 is 6.09 Å². The molecule has 2 N–H and O–H groups in total. The molecule has 3 atom stereocenters. The Morgan fingerprint density at radius 1 is 1.30 bits per heavy atom. The third-order valence-electron chi connectivity index (χ3n) is 5.76. The number of amides is 1. The molecule has 0 aromatic heterocycles. The van der Waals surface area contributed by atoms with E-state index in [-0.39, 0.29) is 29.6 Å². The van der Waals surface area contributed by atoms with E-state index < -0.39 is 0 Å². The molecule has 1 fully saturated rings.